The molecule has 0 N–H and O–H groups in total. The Hall–Kier alpha value is -1.14. The van der Waals surface area contributed by atoms with E-state index in [1.54, 1.807) is 0 Å². The summed E-state index contributed by atoms with van der Waals surface area (Å²) in [6.07, 6.45) is 1.89. The minimum Gasteiger partial charge on any atom is -0.467 e. The molecule has 1 saturated heterocycles. The van der Waals surface area contributed by atoms with E-state index in [2.05, 4.69) is 0 Å². The van der Waals surface area contributed by atoms with Crippen molar-refractivity contribution in [2.24, 2.45) is 11.8 Å². The van der Waals surface area contributed by atoms with Crippen LogP contribution in [0.3, 0.4) is 0 Å². The van der Waals surface area contributed by atoms with E-state index in [-0.39, 0.29) is 0 Å². The summed E-state index contributed by atoms with van der Waals surface area (Å²) in [4.78, 5) is 23.5. The first-order chi connectivity index (χ1) is 9.11. The molecule has 0 bridgehead atoms. The van der Waals surface area contributed by atoms with Crippen LogP contribution in [0.4, 0.5) is 0 Å². The van der Waals surface area contributed by atoms with Gasteiger partial charge in [-0.1, -0.05) is 0 Å². The van der Waals surface area contributed by atoms with Crippen molar-refractivity contribution in [1.82, 2.24) is 0 Å². The van der Waals surface area contributed by atoms with E-state index in [0.717, 1.165) is 19.3 Å². The lowest BCUT2D eigenvalue weighted by Gasteiger charge is -2.31. The molecule has 0 aromatic rings. The molecule has 0 aromatic carbocycles. The molecule has 6 heteroatoms. The Kier molecular flexibility index (Phi) is 3.02. The highest BCUT2D eigenvalue weighted by Crippen LogP contribution is 2.59. The molecule has 3 fully saturated rings. The summed E-state index contributed by atoms with van der Waals surface area (Å²) >= 11 is 0. The zero-order valence-electron chi connectivity index (χ0n) is 11.1. The Bertz CT molecular complexity index is 382. The average molecular weight is 270 g/mol. The van der Waals surface area contributed by atoms with Crippen molar-refractivity contribution in [3.8, 4) is 0 Å². The van der Waals surface area contributed by atoms with Crippen LogP contribution < -0.4 is 0 Å². The number of hydrogen-bond acceptors (Lipinski definition) is 6. The zero-order chi connectivity index (χ0) is 13.6. The van der Waals surface area contributed by atoms with Gasteiger partial charge in [0.1, 0.15) is 0 Å². The van der Waals surface area contributed by atoms with Crippen LogP contribution in [0.15, 0.2) is 0 Å². The quantitative estimate of drug-likeness (QED) is 0.685. The Balaban J connectivity index is 1.83. The van der Waals surface area contributed by atoms with E-state index >= 15 is 0 Å². The maximum absolute atomic E-state index is 11.8. The molecule has 3 rings (SSSR count). The maximum atomic E-state index is 11.8. The largest absolute Gasteiger partial charge is 0.467 e. The van der Waals surface area contributed by atoms with Crippen LogP contribution in [0.25, 0.3) is 0 Å². The third kappa shape index (κ3) is 1.94. The van der Waals surface area contributed by atoms with E-state index in [0.29, 0.717) is 11.8 Å². The summed E-state index contributed by atoms with van der Waals surface area (Å²) in [5.74, 6) is -1.07. The Morgan fingerprint density at radius 2 is 1.68 bits per heavy atom. The molecule has 0 aromatic heterocycles. The van der Waals surface area contributed by atoms with Crippen molar-refractivity contribution in [2.75, 3.05) is 14.2 Å². The number of fused-ring (bicyclic) bond motifs is 2. The molecule has 0 amide bonds. The van der Waals surface area contributed by atoms with Crippen LogP contribution in [-0.4, -0.2) is 44.2 Å². The molecule has 4 atom stereocenters. The van der Waals surface area contributed by atoms with Gasteiger partial charge in [0.25, 0.3) is 0 Å². The van der Waals surface area contributed by atoms with E-state index in [1.165, 1.54) is 20.6 Å². The van der Waals surface area contributed by atoms with Crippen LogP contribution in [0, 0.1) is 11.8 Å². The number of hydrogen-bond donors (Lipinski definition) is 0. The summed E-state index contributed by atoms with van der Waals surface area (Å²) in [7, 11) is 2.54. The van der Waals surface area contributed by atoms with Crippen molar-refractivity contribution >= 4 is 11.9 Å². The van der Waals surface area contributed by atoms with Gasteiger partial charge in [0.05, 0.1) is 14.2 Å². The summed E-state index contributed by atoms with van der Waals surface area (Å²) < 4.78 is 21.0. The summed E-state index contributed by atoms with van der Waals surface area (Å²) in [6.45, 7) is 0. The van der Waals surface area contributed by atoms with Crippen molar-refractivity contribution in [1.29, 1.82) is 0 Å². The van der Waals surface area contributed by atoms with Gasteiger partial charge in [-0.15, -0.1) is 0 Å². The number of rotatable bonds is 2. The molecule has 1 spiro atoms. The fourth-order valence-electron chi connectivity index (χ4n) is 3.35. The highest BCUT2D eigenvalue weighted by molar-refractivity contribution is 5.86. The molecule has 6 nitrogen and oxygen atoms in total. The Labute approximate surface area is 111 Å². The van der Waals surface area contributed by atoms with E-state index in [4.69, 9.17) is 18.9 Å². The SMILES string of the molecule is COC(=O)C1OC2(CCCC3CC32)OC1C(=O)OC. The molecule has 2 saturated carbocycles. The second-order valence-corrected chi connectivity index (χ2v) is 5.43. The van der Waals surface area contributed by atoms with Crippen LogP contribution in [0.2, 0.25) is 0 Å². The van der Waals surface area contributed by atoms with Crippen LogP contribution in [0.1, 0.15) is 25.7 Å². The molecule has 4 unspecified atom stereocenters. The van der Waals surface area contributed by atoms with Crippen LogP contribution >= 0.6 is 0 Å². The van der Waals surface area contributed by atoms with Crippen molar-refractivity contribution in [3.63, 3.8) is 0 Å². The Morgan fingerprint density at radius 3 is 2.21 bits per heavy atom. The third-order valence-corrected chi connectivity index (χ3v) is 4.38. The smallest absolute Gasteiger partial charge is 0.338 e. The number of methoxy groups -OCH3 is 2. The molecule has 106 valence electrons. The van der Waals surface area contributed by atoms with E-state index in [1.807, 2.05) is 0 Å². The zero-order valence-corrected chi connectivity index (χ0v) is 11.1. The predicted octanol–water partition coefficient (Wildman–Crippen LogP) is 0.633. The minimum atomic E-state index is -1.02. The van der Waals surface area contributed by atoms with Crippen LogP contribution in [0.5, 0.6) is 0 Å². The van der Waals surface area contributed by atoms with Gasteiger partial charge in [0.2, 0.25) is 0 Å². The standard InChI is InChI=1S/C13H18O6/c1-16-11(14)9-10(12(15)17-2)19-13(18-9)5-3-4-7-6-8(7)13/h7-10H,3-6H2,1-2H3. The topological polar surface area (TPSA) is 71.1 Å². The first kappa shape index (κ1) is 12.9. The summed E-state index contributed by atoms with van der Waals surface area (Å²) in [5.41, 5.74) is 0. The van der Waals surface area contributed by atoms with Crippen molar-refractivity contribution in [2.45, 2.75) is 43.7 Å². The lowest BCUT2D eigenvalue weighted by molar-refractivity contribution is -0.211. The van der Waals surface area contributed by atoms with Crippen molar-refractivity contribution in [3.05, 3.63) is 0 Å². The molecule has 19 heavy (non-hydrogen) atoms. The van der Waals surface area contributed by atoms with E-state index < -0.39 is 29.9 Å². The first-order valence-electron chi connectivity index (χ1n) is 6.62. The molecular weight excluding hydrogens is 252 g/mol. The fraction of sp³-hybridized carbons (Fsp3) is 0.846. The molecule has 2 aliphatic carbocycles. The van der Waals surface area contributed by atoms with Gasteiger partial charge < -0.3 is 18.9 Å². The predicted molar refractivity (Wildman–Crippen MR) is 62.0 cm³/mol. The lowest BCUT2D eigenvalue weighted by atomic mass is 9.94. The number of carbonyl (C=O) groups excluding carboxylic acids is 2. The molecular formula is C13H18O6. The second kappa shape index (κ2) is 4.45. The fourth-order valence-corrected chi connectivity index (χ4v) is 3.35. The van der Waals surface area contributed by atoms with Gasteiger partial charge in [-0.3, -0.25) is 0 Å². The lowest BCUT2D eigenvalue weighted by Crippen LogP contribution is -2.38. The molecule has 1 heterocycles. The Morgan fingerprint density at radius 1 is 1.11 bits per heavy atom. The number of esters is 2. The highest BCUT2D eigenvalue weighted by atomic mass is 16.8. The van der Waals surface area contributed by atoms with Gasteiger partial charge in [-0.2, -0.15) is 0 Å². The molecule has 0 radical (unpaired) electrons. The summed E-state index contributed by atoms with van der Waals surface area (Å²) in [6, 6.07) is 0. The third-order valence-electron chi connectivity index (χ3n) is 4.38. The monoisotopic (exact) mass is 270 g/mol. The molecule has 3 aliphatic rings. The van der Waals surface area contributed by atoms with Gasteiger partial charge in [0.15, 0.2) is 18.0 Å². The normalized spacial score (nSPS) is 43.7. The van der Waals surface area contributed by atoms with E-state index in [9.17, 15) is 9.59 Å². The van der Waals surface area contributed by atoms with Gasteiger partial charge >= 0.3 is 11.9 Å². The highest BCUT2D eigenvalue weighted by Gasteiger charge is 2.65. The van der Waals surface area contributed by atoms with Crippen molar-refractivity contribution < 1.29 is 28.5 Å². The average Bonchev–Trinajstić information content (AvgIpc) is 3.14. The van der Waals surface area contributed by atoms with Gasteiger partial charge in [-0.25, -0.2) is 9.59 Å². The van der Waals surface area contributed by atoms with Gasteiger partial charge in [0, 0.05) is 12.3 Å². The number of ether oxygens (including phenoxy) is 4. The summed E-state index contributed by atoms with van der Waals surface area (Å²) in [5, 5.41) is 0. The maximum Gasteiger partial charge on any atom is 0.338 e. The molecule has 1 aliphatic heterocycles. The second-order valence-electron chi connectivity index (χ2n) is 5.43. The van der Waals surface area contributed by atoms with Gasteiger partial charge in [-0.05, 0) is 25.2 Å². The number of carbonyl (C=O) groups is 2. The first-order valence-corrected chi connectivity index (χ1v) is 6.62. The van der Waals surface area contributed by atoms with Crippen LogP contribution in [-0.2, 0) is 28.5 Å². The minimum absolute atomic E-state index is 0.295.